The largest absolute Gasteiger partial charge is 0.461 e. The summed E-state index contributed by atoms with van der Waals surface area (Å²) >= 11 is 2.87. The van der Waals surface area contributed by atoms with Crippen LogP contribution in [0.2, 0.25) is 25.7 Å². The summed E-state index contributed by atoms with van der Waals surface area (Å²) in [5.41, 5.74) is 3.83. The Labute approximate surface area is 260 Å². The van der Waals surface area contributed by atoms with Gasteiger partial charge >= 0.3 is 5.97 Å². The summed E-state index contributed by atoms with van der Waals surface area (Å²) < 4.78 is 14.3. The number of thiazole rings is 2. The Morgan fingerprint density at radius 3 is 2.70 bits per heavy atom. The number of para-hydroxylation sites is 1. The summed E-state index contributed by atoms with van der Waals surface area (Å²) in [5.74, 6) is -0.782. The maximum Gasteiger partial charge on any atom is 0.358 e. The van der Waals surface area contributed by atoms with Crippen molar-refractivity contribution >= 4 is 58.0 Å². The van der Waals surface area contributed by atoms with Crippen LogP contribution in [0, 0.1) is 0 Å². The van der Waals surface area contributed by atoms with Gasteiger partial charge in [0.2, 0.25) is 0 Å². The van der Waals surface area contributed by atoms with Crippen LogP contribution in [0.5, 0.6) is 0 Å². The van der Waals surface area contributed by atoms with Gasteiger partial charge in [-0.3, -0.25) is 9.36 Å². The van der Waals surface area contributed by atoms with E-state index < -0.39 is 14.0 Å². The molecule has 0 saturated carbocycles. The van der Waals surface area contributed by atoms with Crippen LogP contribution in [-0.2, 0) is 35.6 Å². The third-order valence-electron chi connectivity index (χ3n) is 7.27. The first-order valence-corrected chi connectivity index (χ1v) is 19.9. The van der Waals surface area contributed by atoms with E-state index in [1.165, 1.54) is 22.7 Å². The van der Waals surface area contributed by atoms with Crippen molar-refractivity contribution < 1.29 is 24.2 Å². The predicted molar refractivity (Wildman–Crippen MR) is 174 cm³/mol. The highest BCUT2D eigenvalue weighted by atomic mass is 32.1. The quantitative estimate of drug-likeness (QED) is 0.132. The Kier molecular flexibility index (Phi) is 9.92. The number of carbonyl (C=O) groups is 2. The molecule has 1 N–H and O–H groups in total. The zero-order valence-electron chi connectivity index (χ0n) is 25.1. The lowest BCUT2D eigenvalue weighted by Crippen LogP contribution is -2.31. The minimum Gasteiger partial charge on any atom is -0.461 e. The number of anilines is 1. The molecule has 1 aliphatic rings. The number of rotatable bonds is 11. The van der Waals surface area contributed by atoms with Crippen molar-refractivity contribution in [2.75, 3.05) is 31.3 Å². The van der Waals surface area contributed by atoms with Crippen LogP contribution >= 0.6 is 22.7 Å². The van der Waals surface area contributed by atoms with Gasteiger partial charge in [0.05, 0.1) is 16.8 Å². The number of carbonyl (C=O) groups excluding carboxylic acids is 2. The second-order valence-electron chi connectivity index (χ2n) is 11.6. The van der Waals surface area contributed by atoms with Crippen molar-refractivity contribution in [1.82, 2.24) is 9.55 Å². The van der Waals surface area contributed by atoms with E-state index in [1.807, 2.05) is 41.0 Å². The van der Waals surface area contributed by atoms with Crippen LogP contribution in [0.4, 0.5) is 5.13 Å². The van der Waals surface area contributed by atoms with Crippen molar-refractivity contribution in [3.8, 4) is 0 Å². The van der Waals surface area contributed by atoms with Gasteiger partial charge in [-0.1, -0.05) is 55.2 Å². The van der Waals surface area contributed by atoms with Gasteiger partial charge in [0.25, 0.3) is 5.91 Å². The van der Waals surface area contributed by atoms with Crippen LogP contribution in [0.3, 0.4) is 0 Å². The second kappa shape index (κ2) is 13.6. The molecule has 12 heteroatoms. The van der Waals surface area contributed by atoms with Crippen LogP contribution < -0.4 is 9.70 Å². The first-order chi connectivity index (χ1) is 20.7. The molecule has 5 rings (SSSR count). The molecule has 228 valence electrons. The highest BCUT2D eigenvalue weighted by Crippen LogP contribution is 2.32. The molecule has 0 radical (unpaired) electrons. The van der Waals surface area contributed by atoms with Crippen LogP contribution in [0.15, 0.2) is 47.5 Å². The van der Waals surface area contributed by atoms with E-state index in [-0.39, 0.29) is 24.8 Å². The fourth-order valence-corrected chi connectivity index (χ4v) is 7.80. The zero-order valence-corrected chi connectivity index (χ0v) is 27.7. The van der Waals surface area contributed by atoms with Gasteiger partial charge in [-0.25, -0.2) is 9.78 Å². The van der Waals surface area contributed by atoms with Gasteiger partial charge in [-0.15, -0.1) is 11.3 Å². The first kappa shape index (κ1) is 31.3. The molecule has 1 aliphatic heterocycles. The Morgan fingerprint density at radius 1 is 1.12 bits per heavy atom. The van der Waals surface area contributed by atoms with Gasteiger partial charge in [0, 0.05) is 51.2 Å². The minimum absolute atomic E-state index is 0.0852. The normalized spacial score (nSPS) is 13.9. The Morgan fingerprint density at radius 2 is 1.93 bits per heavy atom. The number of nitrogens with zero attached hydrogens (tertiary/aromatic N) is 4. The molecule has 0 bridgehead atoms. The smallest absolute Gasteiger partial charge is 0.358 e. The predicted octanol–water partition coefficient (Wildman–Crippen LogP) is 5.49. The van der Waals surface area contributed by atoms with Gasteiger partial charge < -0.3 is 19.5 Å². The lowest BCUT2D eigenvalue weighted by Gasteiger charge is -2.29. The molecule has 0 atom stereocenters. The summed E-state index contributed by atoms with van der Waals surface area (Å²) in [6.07, 6.45) is 1.06. The van der Waals surface area contributed by atoms with Crippen molar-refractivity contribution in [2.45, 2.75) is 58.7 Å². The van der Waals surface area contributed by atoms with E-state index in [9.17, 15) is 14.7 Å². The summed E-state index contributed by atoms with van der Waals surface area (Å²) in [5, 5.41) is 10.2. The number of aromatic nitrogens is 2. The summed E-state index contributed by atoms with van der Waals surface area (Å²) in [6, 6.07) is 14.9. The molecule has 3 heterocycles. The van der Waals surface area contributed by atoms with Gasteiger partial charge in [-0.05, 0) is 48.7 Å². The molecule has 0 fully saturated rings. The lowest BCUT2D eigenvalue weighted by molar-refractivity contribution is 0.0519. The Balaban J connectivity index is 1.44. The maximum atomic E-state index is 13.8. The van der Waals surface area contributed by atoms with Crippen LogP contribution in [0.25, 0.3) is 10.2 Å². The fraction of sp³-hybridized carbons (Fsp3) is 0.419. The molecule has 0 aliphatic carbocycles. The van der Waals surface area contributed by atoms with Crippen molar-refractivity contribution in [1.29, 1.82) is 0 Å². The van der Waals surface area contributed by atoms with E-state index in [1.54, 1.807) is 6.92 Å². The van der Waals surface area contributed by atoms with E-state index in [4.69, 9.17) is 9.47 Å². The standard InChI is InChI=1S/C31H38N4O5S2Si/c1-5-40-29(38)27-26(14-16-36)42-30(32-27)34-15-13-21-9-8-10-22(23(21)19-34)28(37)33-31-35(20-39-17-18-43(2,3)4)24-11-6-7-12-25(24)41-31/h6-12,36H,5,13-20H2,1-4H3/b33-31-. The van der Waals surface area contributed by atoms with E-state index in [0.717, 1.165) is 33.8 Å². The highest BCUT2D eigenvalue weighted by Gasteiger charge is 2.27. The number of ether oxygens (including phenoxy) is 2. The zero-order chi connectivity index (χ0) is 30.6. The number of aliphatic hydroxyl groups excluding tert-OH is 1. The average molecular weight is 639 g/mol. The molecule has 0 unspecified atom stereocenters. The number of hydrogen-bond donors (Lipinski definition) is 1. The molecule has 9 nitrogen and oxygen atoms in total. The van der Waals surface area contributed by atoms with Crippen LogP contribution in [0.1, 0.15) is 43.8 Å². The number of hydrogen-bond acceptors (Lipinski definition) is 9. The summed E-state index contributed by atoms with van der Waals surface area (Å²) in [4.78, 5) is 39.0. The molecule has 1 amide bonds. The Hall–Kier alpha value is -3.16. The molecule has 2 aromatic carbocycles. The molecule has 2 aromatic heterocycles. The number of esters is 1. The van der Waals surface area contributed by atoms with Crippen molar-refractivity contribution in [2.24, 2.45) is 4.99 Å². The lowest BCUT2D eigenvalue weighted by atomic mass is 9.95. The average Bonchev–Trinajstić information content (AvgIpc) is 3.56. The number of fused-ring (bicyclic) bond motifs is 2. The molecule has 0 spiro atoms. The summed E-state index contributed by atoms with van der Waals surface area (Å²) in [7, 11) is -1.23. The third-order valence-corrected chi connectivity index (χ3v) is 11.2. The number of aliphatic hydroxyl groups is 1. The fourth-order valence-electron chi connectivity index (χ4n) is 4.96. The van der Waals surface area contributed by atoms with Crippen molar-refractivity contribution in [3.63, 3.8) is 0 Å². The number of benzene rings is 2. The van der Waals surface area contributed by atoms with Crippen molar-refractivity contribution in [3.05, 3.63) is 74.5 Å². The Bertz CT molecular complexity index is 1690. The van der Waals surface area contributed by atoms with Gasteiger partial charge in [0.1, 0.15) is 6.73 Å². The minimum atomic E-state index is -1.23. The molecular weight excluding hydrogens is 601 g/mol. The summed E-state index contributed by atoms with van der Waals surface area (Å²) in [6.45, 7) is 11.1. The second-order valence-corrected chi connectivity index (χ2v) is 19.3. The number of amides is 1. The van der Waals surface area contributed by atoms with Gasteiger partial charge in [-0.2, -0.15) is 4.99 Å². The first-order valence-electron chi connectivity index (χ1n) is 14.6. The molecule has 0 saturated heterocycles. The monoisotopic (exact) mass is 638 g/mol. The molecule has 43 heavy (non-hydrogen) atoms. The van der Waals surface area contributed by atoms with E-state index in [0.29, 0.717) is 53.2 Å². The highest BCUT2D eigenvalue weighted by molar-refractivity contribution is 7.16. The SMILES string of the molecule is CCOC(=O)c1nc(N2CCc3cccc(C(=O)/N=c4\sc5ccccc5n4COCC[Si](C)(C)C)c3C2)sc1CCO. The van der Waals surface area contributed by atoms with Gasteiger partial charge in [0.15, 0.2) is 15.6 Å². The maximum absolute atomic E-state index is 13.8. The molecule has 4 aromatic rings. The van der Waals surface area contributed by atoms with E-state index in [2.05, 4.69) is 40.6 Å². The third kappa shape index (κ3) is 7.32. The van der Waals surface area contributed by atoms with Crippen LogP contribution in [-0.4, -0.2) is 61.0 Å². The van der Waals surface area contributed by atoms with E-state index >= 15 is 0 Å². The molecular formula is C31H38N4O5S2Si. The topological polar surface area (TPSA) is 106 Å².